The molecular weight excluding hydrogens is 356 g/mol. The van der Waals surface area contributed by atoms with E-state index >= 15 is 0 Å². The molecule has 0 spiro atoms. The van der Waals surface area contributed by atoms with Crippen LogP contribution in [-0.2, 0) is 10.0 Å². The fraction of sp³-hybridized carbons (Fsp3) is 0.647. The van der Waals surface area contributed by atoms with E-state index in [0.29, 0.717) is 31.9 Å². The first-order valence-corrected chi connectivity index (χ1v) is 10.6. The monoisotopic (exact) mass is 382 g/mol. The number of sulfonamides is 1. The molecule has 2 fully saturated rings. The number of nitrogens with zero attached hydrogens (tertiary/aromatic N) is 4. The van der Waals surface area contributed by atoms with Crippen LogP contribution in [0.5, 0.6) is 0 Å². The van der Waals surface area contributed by atoms with Gasteiger partial charge in [-0.1, -0.05) is 12.8 Å². The van der Waals surface area contributed by atoms with E-state index in [2.05, 4.69) is 4.90 Å². The fourth-order valence-electron chi connectivity index (χ4n) is 3.57. The maximum atomic E-state index is 12.9. The van der Waals surface area contributed by atoms with E-state index in [1.54, 1.807) is 6.07 Å². The lowest BCUT2D eigenvalue weighted by Crippen LogP contribution is -2.47. The molecule has 26 heavy (non-hydrogen) atoms. The van der Waals surface area contributed by atoms with Gasteiger partial charge >= 0.3 is 0 Å². The Morgan fingerprint density at radius 3 is 2.15 bits per heavy atom. The minimum Gasteiger partial charge on any atom is -0.366 e. The van der Waals surface area contributed by atoms with E-state index in [1.807, 2.05) is 11.9 Å². The van der Waals surface area contributed by atoms with Gasteiger partial charge in [0, 0.05) is 45.3 Å². The molecular formula is C17H26N4O4S. The summed E-state index contributed by atoms with van der Waals surface area (Å²) in [6.45, 7) is 3.66. The molecule has 2 aliphatic heterocycles. The van der Waals surface area contributed by atoms with E-state index in [4.69, 9.17) is 0 Å². The molecule has 8 nitrogen and oxygen atoms in total. The number of likely N-dealkylation sites (N-methyl/N-ethyl adjacent to an activating group) is 1. The standard InChI is InChI=1S/C17H26N4O4S/c1-18-10-12-20(13-11-18)26(24,25)15-6-7-16(17(14-15)21(22)23)19-8-4-2-3-5-9-19/h6-7,14H,2-5,8-13H2,1H3. The molecule has 0 saturated carbocycles. The van der Waals surface area contributed by atoms with E-state index in [0.717, 1.165) is 38.8 Å². The number of benzene rings is 1. The van der Waals surface area contributed by atoms with Crippen LogP contribution in [0, 0.1) is 10.1 Å². The van der Waals surface area contributed by atoms with E-state index in [9.17, 15) is 18.5 Å². The zero-order valence-electron chi connectivity index (χ0n) is 15.1. The lowest BCUT2D eigenvalue weighted by molar-refractivity contribution is -0.384. The fourth-order valence-corrected chi connectivity index (χ4v) is 5.01. The van der Waals surface area contributed by atoms with Crippen LogP contribution in [0.1, 0.15) is 25.7 Å². The van der Waals surface area contributed by atoms with Gasteiger partial charge in [0.2, 0.25) is 10.0 Å². The van der Waals surface area contributed by atoms with Crippen LogP contribution in [0.2, 0.25) is 0 Å². The van der Waals surface area contributed by atoms with Gasteiger partial charge in [0.05, 0.1) is 9.82 Å². The Hall–Kier alpha value is -1.71. The van der Waals surface area contributed by atoms with Crippen LogP contribution >= 0.6 is 0 Å². The molecule has 0 unspecified atom stereocenters. The number of hydrogen-bond acceptors (Lipinski definition) is 6. The van der Waals surface area contributed by atoms with Gasteiger partial charge < -0.3 is 9.80 Å². The molecule has 0 aliphatic carbocycles. The highest BCUT2D eigenvalue weighted by Crippen LogP contribution is 2.33. The van der Waals surface area contributed by atoms with Crippen molar-refractivity contribution in [3.63, 3.8) is 0 Å². The molecule has 144 valence electrons. The average molecular weight is 382 g/mol. The van der Waals surface area contributed by atoms with Crippen LogP contribution in [0.3, 0.4) is 0 Å². The first kappa shape index (κ1) is 19.1. The van der Waals surface area contributed by atoms with Crippen LogP contribution in [0.25, 0.3) is 0 Å². The molecule has 2 aliphatic rings. The average Bonchev–Trinajstić information content (AvgIpc) is 2.91. The number of hydrogen-bond donors (Lipinski definition) is 0. The maximum absolute atomic E-state index is 12.9. The van der Waals surface area contributed by atoms with Gasteiger partial charge in [-0.15, -0.1) is 0 Å². The molecule has 3 rings (SSSR count). The summed E-state index contributed by atoms with van der Waals surface area (Å²) in [6.07, 6.45) is 4.25. The lowest BCUT2D eigenvalue weighted by atomic mass is 10.2. The minimum absolute atomic E-state index is 0.00678. The molecule has 1 aromatic carbocycles. The first-order chi connectivity index (χ1) is 12.4. The molecule has 1 aromatic rings. The first-order valence-electron chi connectivity index (χ1n) is 9.12. The summed E-state index contributed by atoms with van der Waals surface area (Å²) in [6, 6.07) is 4.35. The SMILES string of the molecule is CN1CCN(S(=O)(=O)c2ccc(N3CCCCCC3)c([N+](=O)[O-])c2)CC1. The number of nitro groups is 1. The molecule has 0 aromatic heterocycles. The minimum atomic E-state index is -3.71. The smallest absolute Gasteiger partial charge is 0.293 e. The topological polar surface area (TPSA) is 87.0 Å². The third kappa shape index (κ3) is 3.99. The Morgan fingerprint density at radius 2 is 1.58 bits per heavy atom. The van der Waals surface area contributed by atoms with Gasteiger partial charge in [-0.2, -0.15) is 4.31 Å². The van der Waals surface area contributed by atoms with Crippen molar-refractivity contribution in [3.05, 3.63) is 28.3 Å². The Labute approximate surface area is 154 Å². The second-order valence-electron chi connectivity index (χ2n) is 7.02. The molecule has 9 heteroatoms. The second kappa shape index (κ2) is 7.89. The zero-order chi connectivity index (χ0) is 18.7. The molecule has 2 saturated heterocycles. The van der Waals surface area contributed by atoms with E-state index in [1.165, 1.54) is 16.4 Å². The van der Waals surface area contributed by atoms with Gasteiger partial charge in [-0.3, -0.25) is 10.1 Å². The number of anilines is 1. The van der Waals surface area contributed by atoms with Crippen molar-refractivity contribution in [2.45, 2.75) is 30.6 Å². The quantitative estimate of drug-likeness (QED) is 0.584. The van der Waals surface area contributed by atoms with Crippen molar-refractivity contribution in [2.75, 3.05) is 51.2 Å². The normalized spacial score (nSPS) is 20.7. The Balaban J connectivity index is 1.91. The predicted molar refractivity (Wildman–Crippen MR) is 100 cm³/mol. The number of rotatable bonds is 4. The predicted octanol–water partition coefficient (Wildman–Crippen LogP) is 1.91. The van der Waals surface area contributed by atoms with Crippen molar-refractivity contribution in [1.29, 1.82) is 0 Å². The maximum Gasteiger partial charge on any atom is 0.293 e. The van der Waals surface area contributed by atoms with Crippen molar-refractivity contribution < 1.29 is 13.3 Å². The second-order valence-corrected chi connectivity index (χ2v) is 8.95. The van der Waals surface area contributed by atoms with Gasteiger partial charge in [-0.25, -0.2) is 8.42 Å². The van der Waals surface area contributed by atoms with Gasteiger partial charge in [0.15, 0.2) is 0 Å². The lowest BCUT2D eigenvalue weighted by Gasteiger charge is -2.31. The van der Waals surface area contributed by atoms with Crippen LogP contribution in [-0.4, -0.2) is 68.9 Å². The molecule has 0 N–H and O–H groups in total. The summed E-state index contributed by atoms with van der Waals surface area (Å²) in [5, 5.41) is 11.6. The molecule has 0 radical (unpaired) electrons. The summed E-state index contributed by atoms with van der Waals surface area (Å²) in [5.41, 5.74) is 0.399. The summed E-state index contributed by atoms with van der Waals surface area (Å²) in [5.74, 6) is 0. The third-order valence-electron chi connectivity index (χ3n) is 5.19. The highest BCUT2D eigenvalue weighted by atomic mass is 32.2. The summed E-state index contributed by atoms with van der Waals surface area (Å²) >= 11 is 0. The van der Waals surface area contributed by atoms with Crippen molar-refractivity contribution in [2.24, 2.45) is 0 Å². The number of nitro benzene ring substituents is 1. The number of piperazine rings is 1. The summed E-state index contributed by atoms with van der Waals surface area (Å²) in [4.78, 5) is 15.2. The van der Waals surface area contributed by atoms with Crippen molar-refractivity contribution in [1.82, 2.24) is 9.21 Å². The van der Waals surface area contributed by atoms with Gasteiger partial charge in [-0.05, 0) is 32.0 Å². The van der Waals surface area contributed by atoms with Gasteiger partial charge in [0.1, 0.15) is 5.69 Å². The highest BCUT2D eigenvalue weighted by Gasteiger charge is 2.30. The molecule has 0 atom stereocenters. The Morgan fingerprint density at radius 1 is 0.962 bits per heavy atom. The highest BCUT2D eigenvalue weighted by molar-refractivity contribution is 7.89. The molecule has 0 amide bonds. The van der Waals surface area contributed by atoms with Crippen LogP contribution in [0.15, 0.2) is 23.1 Å². The molecule has 2 heterocycles. The zero-order valence-corrected chi connectivity index (χ0v) is 15.9. The third-order valence-corrected chi connectivity index (χ3v) is 7.08. The Bertz CT molecular complexity index is 752. The van der Waals surface area contributed by atoms with E-state index in [-0.39, 0.29) is 10.6 Å². The van der Waals surface area contributed by atoms with Crippen molar-refractivity contribution in [3.8, 4) is 0 Å². The largest absolute Gasteiger partial charge is 0.366 e. The summed E-state index contributed by atoms with van der Waals surface area (Å²) < 4.78 is 27.2. The van der Waals surface area contributed by atoms with Crippen LogP contribution < -0.4 is 4.90 Å². The van der Waals surface area contributed by atoms with Crippen molar-refractivity contribution >= 4 is 21.4 Å². The molecule has 0 bridgehead atoms. The van der Waals surface area contributed by atoms with Crippen LogP contribution in [0.4, 0.5) is 11.4 Å². The Kier molecular flexibility index (Phi) is 5.79. The van der Waals surface area contributed by atoms with Gasteiger partial charge in [0.25, 0.3) is 5.69 Å². The summed E-state index contributed by atoms with van der Waals surface area (Å²) in [7, 11) is -1.76. The van der Waals surface area contributed by atoms with E-state index < -0.39 is 14.9 Å².